The van der Waals surface area contributed by atoms with Crippen molar-refractivity contribution in [3.05, 3.63) is 28.8 Å². The van der Waals surface area contributed by atoms with Crippen molar-refractivity contribution in [3.8, 4) is 0 Å². The summed E-state index contributed by atoms with van der Waals surface area (Å²) in [6.07, 6.45) is -2.64. The predicted molar refractivity (Wildman–Crippen MR) is 56.0 cm³/mol. The van der Waals surface area contributed by atoms with Gasteiger partial charge in [-0.25, -0.2) is 8.78 Å². The smallest absolute Gasteiger partial charge is 0.257 e. The first-order valence-electron chi connectivity index (χ1n) is 3.61. The molecule has 0 aliphatic rings. The molecule has 14 heavy (non-hydrogen) atoms. The molecule has 0 saturated heterocycles. The monoisotopic (exact) mass is 242 g/mol. The van der Waals surface area contributed by atoms with Crippen LogP contribution in [-0.2, 0) is 0 Å². The van der Waals surface area contributed by atoms with Crippen LogP contribution in [0.2, 0.25) is 5.02 Å². The van der Waals surface area contributed by atoms with Gasteiger partial charge >= 0.3 is 0 Å². The Labute approximate surface area is 91.6 Å². The standard InChI is InChI=1S/C8H9ClF2N2.ClH/c9-4-1-2-6(12)5(3-4)7(13)8(10)11;/h1-3,7-8H,12-13H2;1H/t7-;/m0./s1. The first-order valence-corrected chi connectivity index (χ1v) is 3.99. The third kappa shape index (κ3) is 2.97. The topological polar surface area (TPSA) is 52.0 Å². The molecule has 0 aliphatic heterocycles. The van der Waals surface area contributed by atoms with Crippen LogP contribution in [0.3, 0.4) is 0 Å². The van der Waals surface area contributed by atoms with E-state index in [2.05, 4.69) is 0 Å². The van der Waals surface area contributed by atoms with E-state index in [4.69, 9.17) is 23.1 Å². The summed E-state index contributed by atoms with van der Waals surface area (Å²) in [5, 5.41) is 0.348. The summed E-state index contributed by atoms with van der Waals surface area (Å²) >= 11 is 5.61. The van der Waals surface area contributed by atoms with Gasteiger partial charge in [0, 0.05) is 10.7 Å². The molecule has 0 radical (unpaired) electrons. The van der Waals surface area contributed by atoms with Crippen LogP contribution >= 0.6 is 24.0 Å². The van der Waals surface area contributed by atoms with Gasteiger partial charge in [-0.1, -0.05) is 11.6 Å². The lowest BCUT2D eigenvalue weighted by molar-refractivity contribution is 0.116. The van der Waals surface area contributed by atoms with E-state index in [1.807, 2.05) is 0 Å². The summed E-state index contributed by atoms with van der Waals surface area (Å²) < 4.78 is 24.4. The molecule has 0 bridgehead atoms. The molecule has 80 valence electrons. The lowest BCUT2D eigenvalue weighted by atomic mass is 10.1. The average Bonchev–Trinajstić information content (AvgIpc) is 2.08. The number of nitrogens with two attached hydrogens (primary N) is 2. The van der Waals surface area contributed by atoms with Gasteiger partial charge < -0.3 is 11.5 Å². The molecule has 0 fully saturated rings. The van der Waals surface area contributed by atoms with Crippen LogP contribution in [-0.4, -0.2) is 6.43 Å². The number of anilines is 1. The summed E-state index contributed by atoms with van der Waals surface area (Å²) in [6, 6.07) is 2.96. The Morgan fingerprint density at radius 2 is 1.86 bits per heavy atom. The van der Waals surface area contributed by atoms with Gasteiger partial charge in [0.15, 0.2) is 0 Å². The van der Waals surface area contributed by atoms with E-state index in [-0.39, 0.29) is 23.7 Å². The fourth-order valence-corrected chi connectivity index (χ4v) is 1.15. The minimum Gasteiger partial charge on any atom is -0.398 e. The maximum absolute atomic E-state index is 12.2. The molecular weight excluding hydrogens is 233 g/mol. The molecule has 1 atom stereocenters. The van der Waals surface area contributed by atoms with Crippen molar-refractivity contribution >= 4 is 29.7 Å². The summed E-state index contributed by atoms with van der Waals surface area (Å²) in [5.74, 6) is 0. The van der Waals surface area contributed by atoms with Crippen LogP contribution in [0, 0.1) is 0 Å². The van der Waals surface area contributed by atoms with E-state index in [1.54, 1.807) is 0 Å². The Balaban J connectivity index is 0.00000169. The zero-order chi connectivity index (χ0) is 10.0. The van der Waals surface area contributed by atoms with Gasteiger partial charge in [-0.2, -0.15) is 0 Å². The van der Waals surface area contributed by atoms with Crippen molar-refractivity contribution in [1.29, 1.82) is 0 Å². The molecule has 0 spiro atoms. The van der Waals surface area contributed by atoms with Crippen molar-refractivity contribution in [3.63, 3.8) is 0 Å². The second-order valence-corrected chi connectivity index (χ2v) is 3.07. The molecule has 4 N–H and O–H groups in total. The molecular formula is C8H10Cl2F2N2. The van der Waals surface area contributed by atoms with Gasteiger partial charge in [0.2, 0.25) is 0 Å². The van der Waals surface area contributed by atoms with Crippen LogP contribution in [0.1, 0.15) is 11.6 Å². The second-order valence-electron chi connectivity index (χ2n) is 2.63. The number of alkyl halides is 2. The Kier molecular flexibility index (Phi) is 5.12. The SMILES string of the molecule is Cl.Nc1ccc(Cl)cc1[C@H](N)C(F)F. The largest absolute Gasteiger partial charge is 0.398 e. The van der Waals surface area contributed by atoms with Crippen LogP contribution in [0.4, 0.5) is 14.5 Å². The number of benzene rings is 1. The quantitative estimate of drug-likeness (QED) is 0.784. The molecule has 0 heterocycles. The van der Waals surface area contributed by atoms with Gasteiger partial charge in [-0.3, -0.25) is 0 Å². The van der Waals surface area contributed by atoms with E-state index in [1.165, 1.54) is 18.2 Å². The van der Waals surface area contributed by atoms with Crippen LogP contribution in [0.25, 0.3) is 0 Å². The number of hydrogen-bond acceptors (Lipinski definition) is 2. The molecule has 1 aromatic carbocycles. The Morgan fingerprint density at radius 1 is 1.29 bits per heavy atom. The van der Waals surface area contributed by atoms with Gasteiger partial charge in [-0.15, -0.1) is 12.4 Å². The normalized spacial score (nSPS) is 12.4. The molecule has 0 unspecified atom stereocenters. The minimum absolute atomic E-state index is 0. The molecule has 0 amide bonds. The first-order chi connectivity index (χ1) is 6.02. The van der Waals surface area contributed by atoms with E-state index < -0.39 is 12.5 Å². The van der Waals surface area contributed by atoms with Crippen LogP contribution in [0.5, 0.6) is 0 Å². The summed E-state index contributed by atoms with van der Waals surface area (Å²) in [5.41, 5.74) is 11.1. The fourth-order valence-electron chi connectivity index (χ4n) is 0.970. The van der Waals surface area contributed by atoms with E-state index in [0.717, 1.165) is 0 Å². The highest BCUT2D eigenvalue weighted by Crippen LogP contribution is 2.26. The fraction of sp³-hybridized carbons (Fsp3) is 0.250. The average molecular weight is 243 g/mol. The van der Waals surface area contributed by atoms with Crippen molar-refractivity contribution in [2.45, 2.75) is 12.5 Å². The highest BCUT2D eigenvalue weighted by atomic mass is 35.5. The number of halogens is 4. The lowest BCUT2D eigenvalue weighted by Crippen LogP contribution is -2.20. The summed E-state index contributed by atoms with van der Waals surface area (Å²) in [6.45, 7) is 0. The Hall–Kier alpha value is -0.580. The van der Waals surface area contributed by atoms with Crippen molar-refractivity contribution in [2.75, 3.05) is 5.73 Å². The van der Waals surface area contributed by atoms with Gasteiger partial charge in [0.1, 0.15) is 0 Å². The highest BCUT2D eigenvalue weighted by molar-refractivity contribution is 6.30. The highest BCUT2D eigenvalue weighted by Gasteiger charge is 2.19. The predicted octanol–water partition coefficient (Wildman–Crippen LogP) is 2.61. The third-order valence-electron chi connectivity index (χ3n) is 1.68. The Bertz CT molecular complexity index is 307. The maximum Gasteiger partial charge on any atom is 0.257 e. The Morgan fingerprint density at radius 3 is 2.36 bits per heavy atom. The van der Waals surface area contributed by atoms with E-state index >= 15 is 0 Å². The van der Waals surface area contributed by atoms with Crippen LogP contribution < -0.4 is 11.5 Å². The van der Waals surface area contributed by atoms with Crippen molar-refractivity contribution in [1.82, 2.24) is 0 Å². The van der Waals surface area contributed by atoms with Crippen molar-refractivity contribution in [2.24, 2.45) is 5.73 Å². The zero-order valence-electron chi connectivity index (χ0n) is 7.08. The maximum atomic E-state index is 12.2. The number of nitrogen functional groups attached to an aromatic ring is 1. The molecule has 1 aromatic rings. The van der Waals surface area contributed by atoms with Crippen LogP contribution in [0.15, 0.2) is 18.2 Å². The van der Waals surface area contributed by atoms with Crippen molar-refractivity contribution < 1.29 is 8.78 Å². The third-order valence-corrected chi connectivity index (χ3v) is 1.91. The summed E-state index contributed by atoms with van der Waals surface area (Å²) in [4.78, 5) is 0. The number of hydrogen-bond donors (Lipinski definition) is 2. The second kappa shape index (κ2) is 5.34. The van der Waals surface area contributed by atoms with Gasteiger partial charge in [0.25, 0.3) is 6.43 Å². The molecule has 2 nitrogen and oxygen atoms in total. The van der Waals surface area contributed by atoms with Gasteiger partial charge in [0.05, 0.1) is 6.04 Å². The molecule has 1 rings (SSSR count). The zero-order valence-corrected chi connectivity index (χ0v) is 8.66. The number of rotatable bonds is 2. The van der Waals surface area contributed by atoms with E-state index in [0.29, 0.717) is 5.02 Å². The molecule has 0 aliphatic carbocycles. The first kappa shape index (κ1) is 13.4. The van der Waals surface area contributed by atoms with E-state index in [9.17, 15) is 8.78 Å². The molecule has 6 heteroatoms. The lowest BCUT2D eigenvalue weighted by Gasteiger charge is -2.13. The molecule has 0 saturated carbocycles. The van der Waals surface area contributed by atoms with Gasteiger partial charge in [-0.05, 0) is 23.8 Å². The summed E-state index contributed by atoms with van der Waals surface area (Å²) in [7, 11) is 0. The molecule has 0 aromatic heterocycles. The minimum atomic E-state index is -2.64.